The first-order valence-corrected chi connectivity index (χ1v) is 11.7. The van der Waals surface area contributed by atoms with E-state index in [1.807, 2.05) is 12.1 Å². The molecule has 1 aliphatic heterocycles. The van der Waals surface area contributed by atoms with E-state index < -0.39 is 11.2 Å². The summed E-state index contributed by atoms with van der Waals surface area (Å²) in [7, 11) is 0. The molecule has 7 rings (SSSR count). The Labute approximate surface area is 183 Å². The maximum atomic E-state index is 13.9. The first-order chi connectivity index (χ1) is 15.3. The summed E-state index contributed by atoms with van der Waals surface area (Å²) in [5, 5.41) is 7.36. The van der Waals surface area contributed by atoms with Crippen LogP contribution in [0.4, 0.5) is 0 Å². The fourth-order valence-corrected chi connectivity index (χ4v) is 6.85. The SMILES string of the molecule is [O-][S+]1c2ccccc2B(c2ccccc2)c2cc3cccc4ccc5ccc1c2c5c43. The minimum Gasteiger partial charge on any atom is -0.606 e. The number of rotatable bonds is 1. The lowest BCUT2D eigenvalue weighted by molar-refractivity contribution is 0.596. The van der Waals surface area contributed by atoms with Gasteiger partial charge in [-0.3, -0.25) is 0 Å². The van der Waals surface area contributed by atoms with Crippen LogP contribution in [0.2, 0.25) is 0 Å². The van der Waals surface area contributed by atoms with Crippen molar-refractivity contribution in [3.05, 3.63) is 103 Å². The normalized spacial score (nSPS) is 15.5. The molecule has 6 aromatic rings. The Hall–Kier alpha value is -3.27. The maximum absolute atomic E-state index is 13.9. The molecule has 0 aromatic heterocycles. The van der Waals surface area contributed by atoms with Crippen LogP contribution in [0.25, 0.3) is 32.3 Å². The molecule has 1 nitrogen and oxygen atoms in total. The van der Waals surface area contributed by atoms with Crippen molar-refractivity contribution < 1.29 is 4.55 Å². The Balaban J connectivity index is 1.75. The monoisotopic (exact) mass is 412 g/mol. The fraction of sp³-hybridized carbons (Fsp3) is 0. The lowest BCUT2D eigenvalue weighted by Gasteiger charge is -2.19. The van der Waals surface area contributed by atoms with Crippen LogP contribution >= 0.6 is 0 Å². The van der Waals surface area contributed by atoms with Gasteiger partial charge in [0.2, 0.25) is 6.71 Å². The van der Waals surface area contributed by atoms with Crippen molar-refractivity contribution in [2.45, 2.75) is 9.79 Å². The van der Waals surface area contributed by atoms with E-state index in [9.17, 15) is 4.55 Å². The first kappa shape index (κ1) is 17.4. The third-order valence-corrected chi connectivity index (χ3v) is 8.20. The van der Waals surface area contributed by atoms with Crippen molar-refractivity contribution in [2.24, 2.45) is 0 Å². The molecule has 0 N–H and O–H groups in total. The van der Waals surface area contributed by atoms with Gasteiger partial charge >= 0.3 is 0 Å². The van der Waals surface area contributed by atoms with E-state index in [0.29, 0.717) is 0 Å². The Kier molecular flexibility index (Phi) is 3.58. The van der Waals surface area contributed by atoms with Crippen molar-refractivity contribution in [3.63, 3.8) is 0 Å². The van der Waals surface area contributed by atoms with Gasteiger partial charge in [-0.15, -0.1) is 0 Å². The van der Waals surface area contributed by atoms with Gasteiger partial charge in [-0.25, -0.2) is 0 Å². The minimum atomic E-state index is -1.23. The Morgan fingerprint density at radius 3 is 2.10 bits per heavy atom. The summed E-state index contributed by atoms with van der Waals surface area (Å²) < 4.78 is 13.9. The van der Waals surface area contributed by atoms with Crippen LogP contribution in [-0.4, -0.2) is 11.3 Å². The molecule has 1 atom stereocenters. The summed E-state index contributed by atoms with van der Waals surface area (Å²) >= 11 is -1.23. The molecule has 0 amide bonds. The van der Waals surface area contributed by atoms with Gasteiger partial charge in [0.1, 0.15) is 0 Å². The second kappa shape index (κ2) is 6.37. The maximum Gasteiger partial charge on any atom is 0.248 e. The lowest BCUT2D eigenvalue weighted by atomic mass is 9.36. The van der Waals surface area contributed by atoms with Crippen LogP contribution in [0.15, 0.2) is 113 Å². The van der Waals surface area contributed by atoms with Gasteiger partial charge in [0.05, 0.1) is 0 Å². The highest BCUT2D eigenvalue weighted by Gasteiger charge is 2.37. The molecule has 1 unspecified atom stereocenters. The van der Waals surface area contributed by atoms with Crippen molar-refractivity contribution in [2.75, 3.05) is 0 Å². The van der Waals surface area contributed by atoms with Crippen molar-refractivity contribution in [3.8, 4) is 0 Å². The molecule has 0 radical (unpaired) electrons. The molecule has 0 saturated heterocycles. The largest absolute Gasteiger partial charge is 0.606 e. The highest BCUT2D eigenvalue weighted by atomic mass is 32.2. The molecule has 0 fully saturated rings. The zero-order chi connectivity index (χ0) is 20.5. The number of hydrogen-bond donors (Lipinski definition) is 0. The molecule has 0 aliphatic carbocycles. The molecule has 0 bridgehead atoms. The second-order valence-corrected chi connectivity index (χ2v) is 9.71. The predicted molar refractivity (Wildman–Crippen MR) is 132 cm³/mol. The molecule has 1 heterocycles. The van der Waals surface area contributed by atoms with Crippen LogP contribution in [0.5, 0.6) is 0 Å². The summed E-state index contributed by atoms with van der Waals surface area (Å²) in [4.78, 5) is 1.84. The topological polar surface area (TPSA) is 23.1 Å². The summed E-state index contributed by atoms with van der Waals surface area (Å²) in [6.07, 6.45) is 0. The highest BCUT2D eigenvalue weighted by Crippen LogP contribution is 2.39. The second-order valence-electron chi connectivity index (χ2n) is 8.30. The molecular weight excluding hydrogens is 395 g/mol. The van der Waals surface area contributed by atoms with Gasteiger partial charge in [-0.05, 0) is 45.2 Å². The first-order valence-electron chi connectivity index (χ1n) is 10.6. The van der Waals surface area contributed by atoms with Crippen LogP contribution in [0, 0.1) is 0 Å². The summed E-state index contributed by atoms with van der Waals surface area (Å²) in [6.45, 7) is 0.0387. The lowest BCUT2D eigenvalue weighted by Crippen LogP contribution is -2.52. The van der Waals surface area contributed by atoms with Gasteiger partial charge < -0.3 is 4.55 Å². The molecule has 144 valence electrons. The Morgan fingerprint density at radius 2 is 1.23 bits per heavy atom. The van der Waals surface area contributed by atoms with E-state index in [1.54, 1.807) is 0 Å². The van der Waals surface area contributed by atoms with E-state index >= 15 is 0 Å². The van der Waals surface area contributed by atoms with Crippen LogP contribution in [-0.2, 0) is 11.2 Å². The van der Waals surface area contributed by atoms with E-state index in [4.69, 9.17) is 0 Å². The minimum absolute atomic E-state index is 0.0387. The van der Waals surface area contributed by atoms with Gasteiger partial charge in [-0.1, -0.05) is 95.9 Å². The molecular formula is C28H17BOS. The van der Waals surface area contributed by atoms with Crippen molar-refractivity contribution in [1.29, 1.82) is 0 Å². The van der Waals surface area contributed by atoms with Gasteiger partial charge in [0.15, 0.2) is 9.79 Å². The highest BCUT2D eigenvalue weighted by molar-refractivity contribution is 7.92. The van der Waals surface area contributed by atoms with E-state index in [-0.39, 0.29) is 6.71 Å². The van der Waals surface area contributed by atoms with Crippen LogP contribution in [0.3, 0.4) is 0 Å². The van der Waals surface area contributed by atoms with Gasteiger partial charge in [0.25, 0.3) is 0 Å². The van der Waals surface area contributed by atoms with Crippen molar-refractivity contribution >= 4 is 66.6 Å². The molecule has 31 heavy (non-hydrogen) atoms. The van der Waals surface area contributed by atoms with Gasteiger partial charge in [-0.2, -0.15) is 0 Å². The zero-order valence-electron chi connectivity index (χ0n) is 16.7. The predicted octanol–water partition coefficient (Wildman–Crippen LogP) is 4.58. The zero-order valence-corrected chi connectivity index (χ0v) is 17.5. The molecule has 0 saturated carbocycles. The molecule has 6 aromatic carbocycles. The Morgan fingerprint density at radius 1 is 0.516 bits per heavy atom. The Bertz CT molecular complexity index is 1610. The van der Waals surface area contributed by atoms with Crippen LogP contribution in [0.1, 0.15) is 0 Å². The summed E-state index contributed by atoms with van der Waals surface area (Å²) in [5.41, 5.74) is 3.61. The number of fused-ring (bicyclic) bond motifs is 1. The molecule has 0 spiro atoms. The van der Waals surface area contributed by atoms with E-state index in [0.717, 1.165) is 20.6 Å². The smallest absolute Gasteiger partial charge is 0.248 e. The van der Waals surface area contributed by atoms with Crippen molar-refractivity contribution in [1.82, 2.24) is 0 Å². The standard InChI is InChI=1S/C28H17BOS/c30-31-24-12-5-4-11-22(24)29(21-9-2-1-3-10-21)23-17-20-8-6-7-18-13-14-19-15-16-25(31)28(23)27(19)26(18)20/h1-17H. The van der Waals surface area contributed by atoms with Gasteiger partial charge in [0, 0.05) is 21.9 Å². The van der Waals surface area contributed by atoms with E-state index in [2.05, 4.69) is 91.0 Å². The third-order valence-electron chi connectivity index (χ3n) is 6.69. The molecule has 1 aliphatic rings. The fourth-order valence-electron chi connectivity index (χ4n) is 5.41. The average Bonchev–Trinajstić information content (AvgIpc) is 2.93. The summed E-state index contributed by atoms with van der Waals surface area (Å²) in [6, 6.07) is 36.3. The number of benzene rings is 6. The molecule has 3 heteroatoms. The quantitative estimate of drug-likeness (QED) is 0.220. The van der Waals surface area contributed by atoms with E-state index in [1.165, 1.54) is 37.9 Å². The third kappa shape index (κ3) is 2.33. The average molecular weight is 412 g/mol. The number of hydrogen-bond acceptors (Lipinski definition) is 1. The summed E-state index contributed by atoms with van der Waals surface area (Å²) in [5.74, 6) is 0. The van der Waals surface area contributed by atoms with Crippen LogP contribution < -0.4 is 16.4 Å².